The Hall–Kier alpha value is -2.67. The molecule has 1 aromatic heterocycles. The zero-order valence-electron chi connectivity index (χ0n) is 18.9. The van der Waals surface area contributed by atoms with Crippen LogP contribution < -0.4 is 15.4 Å². The molecule has 1 atom stereocenters. The van der Waals surface area contributed by atoms with Crippen molar-refractivity contribution in [3.8, 4) is 5.75 Å². The quantitative estimate of drug-likeness (QED) is 0.751. The predicted molar refractivity (Wildman–Crippen MR) is 124 cm³/mol. The highest BCUT2D eigenvalue weighted by molar-refractivity contribution is 5.86. The van der Waals surface area contributed by atoms with E-state index in [0.29, 0.717) is 19.0 Å². The lowest BCUT2D eigenvalue weighted by Crippen LogP contribution is -2.55. The normalized spacial score (nSPS) is 22.3. The number of nitrogens with one attached hydrogen (secondary N) is 2. The fourth-order valence-corrected chi connectivity index (χ4v) is 5.37. The molecule has 7 nitrogen and oxygen atoms in total. The largest absolute Gasteiger partial charge is 0.477 e. The van der Waals surface area contributed by atoms with Gasteiger partial charge in [-0.1, -0.05) is 24.6 Å². The van der Waals surface area contributed by atoms with Crippen LogP contribution in [0.4, 0.5) is 5.82 Å². The molecule has 1 unspecified atom stereocenters. The third kappa shape index (κ3) is 4.06. The summed E-state index contributed by atoms with van der Waals surface area (Å²) in [7, 11) is 1.92. The molecular formula is C25H33N5O2. The van der Waals surface area contributed by atoms with Crippen LogP contribution in [0.2, 0.25) is 0 Å². The van der Waals surface area contributed by atoms with Gasteiger partial charge in [0.15, 0.2) is 5.60 Å². The van der Waals surface area contributed by atoms with E-state index in [1.807, 2.05) is 42.3 Å². The minimum Gasteiger partial charge on any atom is -0.477 e. The van der Waals surface area contributed by atoms with Crippen LogP contribution in [0.5, 0.6) is 5.75 Å². The number of anilines is 1. The third-order valence-corrected chi connectivity index (χ3v) is 7.14. The molecule has 5 rings (SSSR count). The van der Waals surface area contributed by atoms with Crippen LogP contribution in [0.25, 0.3) is 0 Å². The molecule has 3 aliphatic rings. The number of ether oxygens (including phenoxy) is 1. The Morgan fingerprint density at radius 1 is 1.19 bits per heavy atom. The van der Waals surface area contributed by atoms with Crippen molar-refractivity contribution in [3.63, 3.8) is 0 Å². The maximum Gasteiger partial charge on any atom is 0.267 e. The van der Waals surface area contributed by atoms with Crippen LogP contribution in [0.3, 0.4) is 0 Å². The third-order valence-electron chi connectivity index (χ3n) is 7.14. The predicted octanol–water partition coefficient (Wildman–Crippen LogP) is 3.26. The lowest BCUT2D eigenvalue weighted by Gasteiger charge is -2.41. The van der Waals surface area contributed by atoms with E-state index in [4.69, 9.17) is 14.7 Å². The van der Waals surface area contributed by atoms with E-state index in [2.05, 4.69) is 10.6 Å². The van der Waals surface area contributed by atoms with Gasteiger partial charge in [0.2, 0.25) is 0 Å². The highest BCUT2D eigenvalue weighted by atomic mass is 16.5. The van der Waals surface area contributed by atoms with Crippen molar-refractivity contribution in [1.29, 1.82) is 0 Å². The molecular weight excluding hydrogens is 402 g/mol. The Bertz CT molecular complexity index is 952. The highest BCUT2D eigenvalue weighted by Gasteiger charge is 2.45. The van der Waals surface area contributed by atoms with Crippen molar-refractivity contribution < 1.29 is 9.53 Å². The van der Waals surface area contributed by atoms with Gasteiger partial charge in [-0.3, -0.25) is 4.79 Å². The molecule has 0 radical (unpaired) electrons. The molecule has 32 heavy (non-hydrogen) atoms. The zero-order chi connectivity index (χ0) is 22.0. The van der Waals surface area contributed by atoms with E-state index in [0.717, 1.165) is 86.7 Å². The molecule has 1 amide bonds. The van der Waals surface area contributed by atoms with E-state index >= 15 is 0 Å². The average Bonchev–Trinajstić information content (AvgIpc) is 3.39. The number of carbonyl (C=O) groups excluding carboxylic acids is 1. The summed E-state index contributed by atoms with van der Waals surface area (Å²) >= 11 is 0. The van der Waals surface area contributed by atoms with Crippen molar-refractivity contribution in [2.75, 3.05) is 32.0 Å². The SMILES string of the molecule is CNc1nc(C2CCNC2)nc2c1CCN(C(=O)C1(Oc3ccccc3)CCCCC1)C2. The summed E-state index contributed by atoms with van der Waals surface area (Å²) in [5.74, 6) is 3.03. The standard InChI is InChI=1S/C25H33N5O2/c1-26-23-20-11-15-30(17-21(20)28-22(29-23)18-10-14-27-16-18)24(31)25(12-6-3-7-13-25)32-19-8-4-2-5-9-19/h2,4-5,8-9,18,27H,3,6-7,10-17H2,1H3,(H,26,28,29). The molecule has 7 heteroatoms. The molecule has 0 spiro atoms. The van der Waals surface area contributed by atoms with E-state index in [-0.39, 0.29) is 5.91 Å². The summed E-state index contributed by atoms with van der Waals surface area (Å²) in [6.45, 7) is 3.12. The van der Waals surface area contributed by atoms with Crippen LogP contribution in [0.1, 0.15) is 61.5 Å². The summed E-state index contributed by atoms with van der Waals surface area (Å²) in [5.41, 5.74) is 1.36. The van der Waals surface area contributed by atoms with Crippen LogP contribution in [-0.2, 0) is 17.8 Å². The number of amides is 1. The number of fused-ring (bicyclic) bond motifs is 1. The van der Waals surface area contributed by atoms with Crippen LogP contribution in [0.15, 0.2) is 30.3 Å². The molecule has 0 bridgehead atoms. The van der Waals surface area contributed by atoms with Gasteiger partial charge in [0.25, 0.3) is 5.91 Å². The summed E-state index contributed by atoms with van der Waals surface area (Å²) in [4.78, 5) is 25.7. The first-order valence-electron chi connectivity index (χ1n) is 12.0. The Balaban J connectivity index is 1.42. The van der Waals surface area contributed by atoms with Crippen molar-refractivity contribution in [2.45, 2.75) is 63.0 Å². The van der Waals surface area contributed by atoms with Crippen LogP contribution >= 0.6 is 0 Å². The summed E-state index contributed by atoms with van der Waals surface area (Å²) < 4.78 is 6.45. The van der Waals surface area contributed by atoms with Crippen molar-refractivity contribution in [1.82, 2.24) is 20.2 Å². The van der Waals surface area contributed by atoms with Gasteiger partial charge in [0.05, 0.1) is 12.2 Å². The minimum absolute atomic E-state index is 0.111. The molecule has 2 aliphatic heterocycles. The molecule has 1 saturated carbocycles. The monoisotopic (exact) mass is 435 g/mol. The molecule has 3 heterocycles. The second-order valence-electron chi connectivity index (χ2n) is 9.24. The van der Waals surface area contributed by atoms with Gasteiger partial charge in [0, 0.05) is 31.6 Å². The molecule has 1 aliphatic carbocycles. The summed E-state index contributed by atoms with van der Waals surface area (Å²) in [6.07, 6.45) is 6.57. The van der Waals surface area contributed by atoms with Gasteiger partial charge in [-0.2, -0.15) is 0 Å². The first kappa shape index (κ1) is 21.2. The fraction of sp³-hybridized carbons (Fsp3) is 0.560. The van der Waals surface area contributed by atoms with Gasteiger partial charge >= 0.3 is 0 Å². The van der Waals surface area contributed by atoms with E-state index in [1.165, 1.54) is 0 Å². The van der Waals surface area contributed by atoms with Gasteiger partial charge in [-0.25, -0.2) is 9.97 Å². The molecule has 2 aromatic rings. The number of nitrogens with zero attached hydrogens (tertiary/aromatic N) is 3. The fourth-order valence-electron chi connectivity index (χ4n) is 5.37. The zero-order valence-corrected chi connectivity index (χ0v) is 18.9. The first-order chi connectivity index (χ1) is 15.7. The average molecular weight is 436 g/mol. The Kier molecular flexibility index (Phi) is 6.00. The van der Waals surface area contributed by atoms with Gasteiger partial charge in [0.1, 0.15) is 17.4 Å². The molecule has 170 valence electrons. The Labute approximate surface area is 190 Å². The maximum absolute atomic E-state index is 13.9. The number of rotatable bonds is 5. The maximum atomic E-state index is 13.9. The van der Waals surface area contributed by atoms with Gasteiger partial charge in [-0.05, 0) is 57.2 Å². The highest BCUT2D eigenvalue weighted by Crippen LogP contribution is 2.36. The number of benzene rings is 1. The number of hydrogen-bond donors (Lipinski definition) is 2. The first-order valence-corrected chi connectivity index (χ1v) is 12.0. The van der Waals surface area contributed by atoms with Crippen molar-refractivity contribution in [2.24, 2.45) is 0 Å². The molecule has 2 N–H and O–H groups in total. The van der Waals surface area contributed by atoms with Gasteiger partial charge < -0.3 is 20.3 Å². The number of carbonyl (C=O) groups is 1. The van der Waals surface area contributed by atoms with E-state index < -0.39 is 5.60 Å². The minimum atomic E-state index is -0.770. The van der Waals surface area contributed by atoms with Crippen LogP contribution in [-0.4, -0.2) is 53.1 Å². The molecule has 2 fully saturated rings. The second-order valence-corrected chi connectivity index (χ2v) is 9.24. The second kappa shape index (κ2) is 9.06. The number of hydrogen-bond acceptors (Lipinski definition) is 6. The Morgan fingerprint density at radius 3 is 2.72 bits per heavy atom. The molecule has 1 saturated heterocycles. The molecule has 1 aromatic carbocycles. The smallest absolute Gasteiger partial charge is 0.267 e. The van der Waals surface area contributed by atoms with Crippen molar-refractivity contribution >= 4 is 11.7 Å². The van der Waals surface area contributed by atoms with E-state index in [9.17, 15) is 4.79 Å². The topological polar surface area (TPSA) is 79.4 Å². The summed E-state index contributed by atoms with van der Waals surface area (Å²) in [6, 6.07) is 9.79. The number of aromatic nitrogens is 2. The van der Waals surface area contributed by atoms with Crippen molar-refractivity contribution in [3.05, 3.63) is 47.4 Å². The van der Waals surface area contributed by atoms with Gasteiger partial charge in [-0.15, -0.1) is 0 Å². The lowest BCUT2D eigenvalue weighted by atomic mass is 9.83. The number of para-hydroxylation sites is 1. The summed E-state index contributed by atoms with van der Waals surface area (Å²) in [5, 5.41) is 6.67. The van der Waals surface area contributed by atoms with Crippen LogP contribution in [0, 0.1) is 0 Å². The van der Waals surface area contributed by atoms with E-state index in [1.54, 1.807) is 0 Å². The lowest BCUT2D eigenvalue weighted by molar-refractivity contribution is -0.152. The Morgan fingerprint density at radius 2 is 2.00 bits per heavy atom.